The molecule has 0 radical (unpaired) electrons. The van der Waals surface area contributed by atoms with Gasteiger partial charge in [-0.2, -0.15) is 0 Å². The molecule has 0 aliphatic heterocycles. The van der Waals surface area contributed by atoms with Crippen LogP contribution in [0.15, 0.2) is 29.4 Å². The minimum Gasteiger partial charge on any atom is -0.497 e. The van der Waals surface area contributed by atoms with Gasteiger partial charge in [-0.25, -0.2) is 0 Å². The number of rotatable bonds is 8. The van der Waals surface area contributed by atoms with Gasteiger partial charge in [-0.05, 0) is 44.0 Å². The highest BCUT2D eigenvalue weighted by Gasteiger charge is 2.20. The van der Waals surface area contributed by atoms with Crippen molar-refractivity contribution in [1.29, 1.82) is 0 Å². The number of hydrogen-bond acceptors (Lipinski definition) is 6. The van der Waals surface area contributed by atoms with Crippen LogP contribution in [0.4, 0.5) is 0 Å². The predicted octanol–water partition coefficient (Wildman–Crippen LogP) is 2.86. The van der Waals surface area contributed by atoms with Crippen molar-refractivity contribution in [2.45, 2.75) is 56.3 Å². The molecule has 0 unspecified atom stereocenters. The van der Waals surface area contributed by atoms with Crippen LogP contribution < -0.4 is 15.4 Å². The van der Waals surface area contributed by atoms with Crippen LogP contribution in [0.1, 0.15) is 61.3 Å². The molecule has 1 atom stereocenters. The van der Waals surface area contributed by atoms with Gasteiger partial charge in [-0.3, -0.25) is 9.59 Å². The van der Waals surface area contributed by atoms with E-state index in [9.17, 15) is 9.59 Å². The van der Waals surface area contributed by atoms with E-state index in [1.165, 1.54) is 31.0 Å². The Balaban J connectivity index is 1.52. The van der Waals surface area contributed by atoms with Crippen LogP contribution >= 0.6 is 11.8 Å². The second kappa shape index (κ2) is 10.5. The molecule has 8 nitrogen and oxygen atoms in total. The Morgan fingerprint density at radius 1 is 1.20 bits per heavy atom. The zero-order valence-electron chi connectivity index (χ0n) is 17.7. The fourth-order valence-corrected chi connectivity index (χ4v) is 4.29. The molecule has 1 aromatic carbocycles. The molecule has 3 rings (SSSR count). The van der Waals surface area contributed by atoms with Crippen molar-refractivity contribution in [3.05, 3.63) is 35.7 Å². The Morgan fingerprint density at radius 2 is 1.90 bits per heavy atom. The minimum absolute atomic E-state index is 0.0253. The van der Waals surface area contributed by atoms with Crippen molar-refractivity contribution in [3.8, 4) is 5.75 Å². The number of methoxy groups -OCH3 is 1. The van der Waals surface area contributed by atoms with Gasteiger partial charge in [0.25, 0.3) is 5.91 Å². The maximum absolute atomic E-state index is 12.5. The number of benzene rings is 1. The van der Waals surface area contributed by atoms with Crippen molar-refractivity contribution < 1.29 is 14.3 Å². The Morgan fingerprint density at radius 3 is 2.57 bits per heavy atom. The van der Waals surface area contributed by atoms with Crippen molar-refractivity contribution in [3.63, 3.8) is 0 Å². The predicted molar refractivity (Wildman–Crippen MR) is 116 cm³/mol. The summed E-state index contributed by atoms with van der Waals surface area (Å²) in [5, 5.41) is 15.1. The van der Waals surface area contributed by atoms with Gasteiger partial charge in [0, 0.05) is 18.7 Å². The third kappa shape index (κ3) is 5.75. The summed E-state index contributed by atoms with van der Waals surface area (Å²) >= 11 is 1.35. The number of carbonyl (C=O) groups is 2. The highest BCUT2D eigenvalue weighted by molar-refractivity contribution is 7.99. The smallest absolute Gasteiger partial charge is 0.251 e. The first-order chi connectivity index (χ1) is 14.5. The van der Waals surface area contributed by atoms with Crippen LogP contribution in [-0.2, 0) is 11.8 Å². The van der Waals surface area contributed by atoms with Gasteiger partial charge in [-0.15, -0.1) is 10.2 Å². The number of carbonyl (C=O) groups excluding carboxylic acids is 2. The first-order valence-corrected chi connectivity index (χ1v) is 11.2. The first-order valence-electron chi connectivity index (χ1n) is 10.2. The molecule has 1 fully saturated rings. The Labute approximate surface area is 181 Å². The first kappa shape index (κ1) is 22.1. The third-order valence-electron chi connectivity index (χ3n) is 5.26. The van der Waals surface area contributed by atoms with Gasteiger partial charge in [0.15, 0.2) is 11.0 Å². The second-order valence-corrected chi connectivity index (χ2v) is 8.46. The van der Waals surface area contributed by atoms with Crippen molar-refractivity contribution in [1.82, 2.24) is 25.4 Å². The number of thioether (sulfide) groups is 1. The zero-order valence-corrected chi connectivity index (χ0v) is 18.5. The van der Waals surface area contributed by atoms with E-state index >= 15 is 0 Å². The van der Waals surface area contributed by atoms with Crippen LogP contribution in [-0.4, -0.2) is 45.5 Å². The van der Waals surface area contributed by atoms with E-state index in [1.807, 2.05) is 18.5 Å². The highest BCUT2D eigenvalue weighted by Crippen LogP contribution is 2.21. The largest absolute Gasteiger partial charge is 0.497 e. The summed E-state index contributed by atoms with van der Waals surface area (Å²) in [6, 6.07) is 6.88. The van der Waals surface area contributed by atoms with Crippen molar-refractivity contribution in [2.24, 2.45) is 7.05 Å². The molecule has 2 N–H and O–H groups in total. The molecule has 30 heavy (non-hydrogen) atoms. The summed E-state index contributed by atoms with van der Waals surface area (Å²) < 4.78 is 6.93. The van der Waals surface area contributed by atoms with E-state index in [0.29, 0.717) is 34.1 Å². The van der Waals surface area contributed by atoms with Crippen LogP contribution in [0.2, 0.25) is 0 Å². The molecule has 2 aromatic rings. The molecule has 2 amide bonds. The lowest BCUT2D eigenvalue weighted by molar-refractivity contribution is -0.119. The van der Waals surface area contributed by atoms with E-state index in [2.05, 4.69) is 20.8 Å². The SMILES string of the molecule is COc1ccc(C(=O)N[C@H](C)c2nnc(SCC(=O)NC3CCCCC3)n2C)cc1. The molecule has 1 saturated carbocycles. The van der Waals surface area contributed by atoms with Gasteiger partial charge in [0.1, 0.15) is 5.75 Å². The lowest BCUT2D eigenvalue weighted by atomic mass is 9.95. The minimum atomic E-state index is -0.331. The number of aromatic nitrogens is 3. The molecule has 1 aromatic heterocycles. The average Bonchev–Trinajstić information content (AvgIpc) is 3.13. The lowest BCUT2D eigenvalue weighted by Crippen LogP contribution is -2.37. The molecule has 162 valence electrons. The molecule has 1 aliphatic carbocycles. The van der Waals surface area contributed by atoms with Gasteiger partial charge in [0.05, 0.1) is 18.9 Å². The van der Waals surface area contributed by atoms with Gasteiger partial charge in [-0.1, -0.05) is 31.0 Å². The number of nitrogens with one attached hydrogen (secondary N) is 2. The number of nitrogens with zero attached hydrogens (tertiary/aromatic N) is 3. The fraction of sp³-hybridized carbons (Fsp3) is 0.524. The van der Waals surface area contributed by atoms with Gasteiger partial charge in [0.2, 0.25) is 5.91 Å². The number of hydrogen-bond donors (Lipinski definition) is 2. The number of amides is 2. The van der Waals surface area contributed by atoms with E-state index in [4.69, 9.17) is 4.74 Å². The second-order valence-electron chi connectivity index (χ2n) is 7.51. The van der Waals surface area contributed by atoms with Crippen LogP contribution in [0.5, 0.6) is 5.75 Å². The van der Waals surface area contributed by atoms with Crippen molar-refractivity contribution >= 4 is 23.6 Å². The Hall–Kier alpha value is -2.55. The van der Waals surface area contributed by atoms with E-state index in [-0.39, 0.29) is 17.9 Å². The van der Waals surface area contributed by atoms with E-state index in [1.54, 1.807) is 31.4 Å². The summed E-state index contributed by atoms with van der Waals surface area (Å²) in [6.07, 6.45) is 5.76. The molecule has 0 spiro atoms. The molecule has 0 saturated heterocycles. The standard InChI is InChI=1S/C21H29N5O3S/c1-14(22-20(28)15-9-11-17(29-3)12-10-15)19-24-25-21(26(19)2)30-13-18(27)23-16-7-5-4-6-8-16/h9-12,14,16H,4-8,13H2,1-3H3,(H,22,28)(H,23,27)/t14-/m1/s1. The average molecular weight is 432 g/mol. The summed E-state index contributed by atoms with van der Waals surface area (Å²) in [6.45, 7) is 1.86. The monoisotopic (exact) mass is 431 g/mol. The third-order valence-corrected chi connectivity index (χ3v) is 6.28. The summed E-state index contributed by atoms with van der Waals surface area (Å²) in [4.78, 5) is 24.7. The molecule has 0 bridgehead atoms. The molecular weight excluding hydrogens is 402 g/mol. The van der Waals surface area contributed by atoms with Crippen LogP contribution in [0.3, 0.4) is 0 Å². The Bertz CT molecular complexity index is 862. The van der Waals surface area contributed by atoms with Crippen LogP contribution in [0, 0.1) is 0 Å². The normalized spacial score (nSPS) is 15.4. The fourth-order valence-electron chi connectivity index (χ4n) is 3.56. The molecule has 1 aliphatic rings. The zero-order chi connectivity index (χ0) is 21.5. The summed E-state index contributed by atoms with van der Waals surface area (Å²) in [5.41, 5.74) is 0.541. The van der Waals surface area contributed by atoms with E-state index < -0.39 is 0 Å². The maximum Gasteiger partial charge on any atom is 0.251 e. The molecule has 1 heterocycles. The molecule has 9 heteroatoms. The van der Waals surface area contributed by atoms with Crippen molar-refractivity contribution in [2.75, 3.05) is 12.9 Å². The topological polar surface area (TPSA) is 98.1 Å². The summed E-state index contributed by atoms with van der Waals surface area (Å²) in [5.74, 6) is 1.45. The van der Waals surface area contributed by atoms with E-state index in [0.717, 1.165) is 12.8 Å². The quantitative estimate of drug-likeness (QED) is 0.624. The van der Waals surface area contributed by atoms with Gasteiger partial charge < -0.3 is 19.9 Å². The highest BCUT2D eigenvalue weighted by atomic mass is 32.2. The Kier molecular flexibility index (Phi) is 7.73. The van der Waals surface area contributed by atoms with Crippen LogP contribution in [0.25, 0.3) is 0 Å². The lowest BCUT2D eigenvalue weighted by Gasteiger charge is -2.22. The molecular formula is C21H29N5O3S. The number of ether oxygens (including phenoxy) is 1. The van der Waals surface area contributed by atoms with Gasteiger partial charge >= 0.3 is 0 Å². The summed E-state index contributed by atoms with van der Waals surface area (Å²) in [7, 11) is 3.42. The maximum atomic E-state index is 12.5.